The van der Waals surface area contributed by atoms with E-state index in [1.165, 1.54) is 5.56 Å². The molecule has 1 aliphatic heterocycles. The number of benzene rings is 2. The van der Waals surface area contributed by atoms with Crippen LogP contribution in [0, 0.1) is 0 Å². The van der Waals surface area contributed by atoms with Crippen LogP contribution in [0.2, 0.25) is 0 Å². The van der Waals surface area contributed by atoms with Crippen molar-refractivity contribution in [2.24, 2.45) is 0 Å². The molecule has 0 bridgehead atoms. The van der Waals surface area contributed by atoms with Gasteiger partial charge in [-0.2, -0.15) is 4.68 Å². The van der Waals surface area contributed by atoms with Crippen molar-refractivity contribution in [3.8, 4) is 5.69 Å². The van der Waals surface area contributed by atoms with Crippen LogP contribution in [0.25, 0.3) is 5.69 Å². The van der Waals surface area contributed by atoms with E-state index < -0.39 is 0 Å². The highest BCUT2D eigenvalue weighted by atomic mass is 15.6. The lowest BCUT2D eigenvalue weighted by molar-refractivity contribution is 0.211. The summed E-state index contributed by atoms with van der Waals surface area (Å²) in [6.07, 6.45) is 2.18. The molecule has 4 rings (SSSR count). The maximum atomic E-state index is 4.15. The van der Waals surface area contributed by atoms with Crippen molar-refractivity contribution in [3.05, 3.63) is 66.2 Å². The molecule has 1 aromatic heterocycles. The number of hydrogen-bond donors (Lipinski definition) is 1. The lowest BCUT2D eigenvalue weighted by atomic mass is 10.0. The molecule has 0 saturated carbocycles. The molecule has 0 spiro atoms. The molecule has 1 aliphatic rings. The van der Waals surface area contributed by atoms with Gasteiger partial charge in [0.05, 0.1) is 5.69 Å². The Bertz CT molecular complexity index is 778. The highest BCUT2D eigenvalue weighted by molar-refractivity contribution is 5.38. The summed E-state index contributed by atoms with van der Waals surface area (Å²) in [7, 11) is 0. The molecule has 1 saturated heterocycles. The summed E-state index contributed by atoms with van der Waals surface area (Å²) in [5.74, 6) is 0.715. The number of anilines is 1. The zero-order valence-corrected chi connectivity index (χ0v) is 14.1. The number of rotatable bonds is 5. The van der Waals surface area contributed by atoms with Crippen molar-refractivity contribution >= 4 is 5.95 Å². The second-order valence-corrected chi connectivity index (χ2v) is 6.43. The van der Waals surface area contributed by atoms with Crippen molar-refractivity contribution < 1.29 is 0 Å². The van der Waals surface area contributed by atoms with E-state index in [9.17, 15) is 0 Å². The minimum absolute atomic E-state index is 0.403. The van der Waals surface area contributed by atoms with Crippen LogP contribution in [-0.2, 0) is 6.54 Å². The quantitative estimate of drug-likeness (QED) is 0.777. The van der Waals surface area contributed by atoms with E-state index in [0.717, 1.165) is 38.2 Å². The van der Waals surface area contributed by atoms with Gasteiger partial charge in [-0.1, -0.05) is 53.6 Å². The van der Waals surface area contributed by atoms with E-state index in [2.05, 4.69) is 56.1 Å². The van der Waals surface area contributed by atoms with Crippen molar-refractivity contribution in [3.63, 3.8) is 0 Å². The topological polar surface area (TPSA) is 58.9 Å². The molecule has 0 amide bonds. The molecule has 2 heterocycles. The van der Waals surface area contributed by atoms with E-state index in [-0.39, 0.29) is 0 Å². The molecule has 128 valence electrons. The van der Waals surface area contributed by atoms with Crippen LogP contribution in [0.3, 0.4) is 0 Å². The minimum Gasteiger partial charge on any atom is -0.350 e. The van der Waals surface area contributed by atoms with E-state index >= 15 is 0 Å². The fourth-order valence-electron chi connectivity index (χ4n) is 3.28. The second-order valence-electron chi connectivity index (χ2n) is 6.43. The maximum absolute atomic E-state index is 4.15. The Morgan fingerprint density at radius 2 is 1.60 bits per heavy atom. The number of hydrogen-bond acceptors (Lipinski definition) is 5. The molecule has 0 radical (unpaired) electrons. The lowest BCUT2D eigenvalue weighted by Crippen LogP contribution is -2.39. The molecule has 0 aliphatic carbocycles. The Morgan fingerprint density at radius 1 is 0.920 bits per heavy atom. The van der Waals surface area contributed by atoms with Gasteiger partial charge in [-0.3, -0.25) is 4.90 Å². The monoisotopic (exact) mass is 334 g/mol. The first-order chi connectivity index (χ1) is 12.4. The maximum Gasteiger partial charge on any atom is 0.247 e. The largest absolute Gasteiger partial charge is 0.350 e. The lowest BCUT2D eigenvalue weighted by Gasteiger charge is -2.32. The number of para-hydroxylation sites is 1. The van der Waals surface area contributed by atoms with Crippen LogP contribution in [-0.4, -0.2) is 44.2 Å². The molecule has 25 heavy (non-hydrogen) atoms. The molecular weight excluding hydrogens is 312 g/mol. The highest BCUT2D eigenvalue weighted by Gasteiger charge is 2.21. The third kappa shape index (κ3) is 3.85. The third-order valence-electron chi connectivity index (χ3n) is 4.64. The number of nitrogens with one attached hydrogen (secondary N) is 1. The zero-order valence-electron chi connectivity index (χ0n) is 14.1. The first kappa shape index (κ1) is 15.8. The standard InChI is InChI=1S/C19H22N6/c1-3-7-16(8-4-1)15-24-13-11-17(12-14-24)20-19-21-22-23-25(19)18-9-5-2-6-10-18/h1-10,17H,11-15H2,(H,20,21,23). The van der Waals surface area contributed by atoms with E-state index in [0.29, 0.717) is 12.0 Å². The Morgan fingerprint density at radius 3 is 2.32 bits per heavy atom. The van der Waals surface area contributed by atoms with Gasteiger partial charge in [0.15, 0.2) is 0 Å². The van der Waals surface area contributed by atoms with Crippen molar-refractivity contribution in [1.82, 2.24) is 25.1 Å². The summed E-state index contributed by atoms with van der Waals surface area (Å²) < 4.78 is 1.76. The van der Waals surface area contributed by atoms with Gasteiger partial charge >= 0.3 is 0 Å². The highest BCUT2D eigenvalue weighted by Crippen LogP contribution is 2.18. The van der Waals surface area contributed by atoms with Crippen LogP contribution in [0.1, 0.15) is 18.4 Å². The average molecular weight is 334 g/mol. The Balaban J connectivity index is 1.34. The summed E-state index contributed by atoms with van der Waals surface area (Å²) in [5, 5.41) is 15.6. The van der Waals surface area contributed by atoms with Crippen molar-refractivity contribution in [2.45, 2.75) is 25.4 Å². The fraction of sp³-hybridized carbons (Fsp3) is 0.316. The Hall–Kier alpha value is -2.73. The van der Waals surface area contributed by atoms with Gasteiger partial charge in [-0.15, -0.1) is 0 Å². The van der Waals surface area contributed by atoms with Crippen LogP contribution in [0.4, 0.5) is 5.95 Å². The molecule has 1 fully saturated rings. The zero-order chi connectivity index (χ0) is 16.9. The molecule has 6 heteroatoms. The van der Waals surface area contributed by atoms with Crippen molar-refractivity contribution in [2.75, 3.05) is 18.4 Å². The number of tetrazole rings is 1. The van der Waals surface area contributed by atoms with Gasteiger partial charge in [0.25, 0.3) is 0 Å². The SMILES string of the molecule is c1ccc(CN2CCC(Nc3nnnn3-c3ccccc3)CC2)cc1. The Labute approximate surface area is 147 Å². The molecular formula is C19H22N6. The summed E-state index contributed by atoms with van der Waals surface area (Å²) in [6, 6.07) is 21.0. The number of nitrogens with zero attached hydrogens (tertiary/aromatic N) is 5. The number of likely N-dealkylation sites (tertiary alicyclic amines) is 1. The summed E-state index contributed by atoms with van der Waals surface area (Å²) in [6.45, 7) is 3.19. The summed E-state index contributed by atoms with van der Waals surface area (Å²) in [5.41, 5.74) is 2.35. The molecule has 2 aromatic carbocycles. The number of piperidine rings is 1. The predicted molar refractivity (Wildman–Crippen MR) is 97.5 cm³/mol. The van der Waals surface area contributed by atoms with E-state index in [1.807, 2.05) is 30.3 Å². The van der Waals surface area contributed by atoms with Gasteiger partial charge in [-0.25, -0.2) is 0 Å². The van der Waals surface area contributed by atoms with Gasteiger partial charge < -0.3 is 5.32 Å². The smallest absolute Gasteiger partial charge is 0.247 e. The summed E-state index contributed by atoms with van der Waals surface area (Å²) >= 11 is 0. The first-order valence-electron chi connectivity index (χ1n) is 8.75. The number of aromatic nitrogens is 4. The second kappa shape index (κ2) is 7.44. The summed E-state index contributed by atoms with van der Waals surface area (Å²) in [4.78, 5) is 2.51. The average Bonchev–Trinajstić information content (AvgIpc) is 3.13. The fourth-order valence-corrected chi connectivity index (χ4v) is 3.28. The molecule has 3 aromatic rings. The predicted octanol–water partition coefficient (Wildman–Crippen LogP) is 2.74. The van der Waals surface area contributed by atoms with Crippen LogP contribution < -0.4 is 5.32 Å². The minimum atomic E-state index is 0.403. The van der Waals surface area contributed by atoms with Gasteiger partial charge in [-0.05, 0) is 41.0 Å². The van der Waals surface area contributed by atoms with Gasteiger partial charge in [0.2, 0.25) is 5.95 Å². The van der Waals surface area contributed by atoms with Crippen molar-refractivity contribution in [1.29, 1.82) is 0 Å². The first-order valence-corrected chi connectivity index (χ1v) is 8.75. The molecule has 1 N–H and O–H groups in total. The van der Waals surface area contributed by atoms with Gasteiger partial charge in [0, 0.05) is 25.7 Å². The van der Waals surface area contributed by atoms with Crippen LogP contribution in [0.15, 0.2) is 60.7 Å². The molecule has 0 unspecified atom stereocenters. The normalized spacial score (nSPS) is 16.0. The van der Waals surface area contributed by atoms with E-state index in [4.69, 9.17) is 0 Å². The molecule has 6 nitrogen and oxygen atoms in total. The van der Waals surface area contributed by atoms with E-state index in [1.54, 1.807) is 4.68 Å². The van der Waals surface area contributed by atoms with Gasteiger partial charge in [0.1, 0.15) is 0 Å². The third-order valence-corrected chi connectivity index (χ3v) is 4.64. The molecule has 0 atom stereocenters. The van der Waals surface area contributed by atoms with Crippen LogP contribution in [0.5, 0.6) is 0 Å². The van der Waals surface area contributed by atoms with Crippen LogP contribution >= 0.6 is 0 Å². The Kier molecular flexibility index (Phi) is 4.70.